The molecule has 0 unspecified atom stereocenters. The number of hydrogen-bond acceptors (Lipinski definition) is 5. The molecule has 0 amide bonds. The van der Waals surface area contributed by atoms with E-state index >= 15 is 0 Å². The summed E-state index contributed by atoms with van der Waals surface area (Å²) in [5.74, 6) is -1.78. The summed E-state index contributed by atoms with van der Waals surface area (Å²) in [4.78, 5) is 10.3. The van der Waals surface area contributed by atoms with E-state index in [-0.39, 0.29) is 9.99 Å². The van der Waals surface area contributed by atoms with E-state index in [4.69, 9.17) is 5.11 Å². The minimum atomic E-state index is -3.77. The van der Waals surface area contributed by atoms with E-state index in [0.717, 1.165) is 23.5 Å². The first-order valence-corrected chi connectivity index (χ1v) is 7.19. The molecule has 0 aliphatic carbocycles. The molecule has 0 bridgehead atoms. The number of carboxylic acids is 1. The molecular weight excluding hydrogens is 256 g/mol. The van der Waals surface area contributed by atoms with Gasteiger partial charge in [0.25, 0.3) is 0 Å². The van der Waals surface area contributed by atoms with Crippen LogP contribution in [0.4, 0.5) is 0 Å². The summed E-state index contributed by atoms with van der Waals surface area (Å²) < 4.78 is 23.5. The summed E-state index contributed by atoms with van der Waals surface area (Å²) in [6, 6.07) is 0. The quantitative estimate of drug-likeness (QED) is 0.616. The molecule has 1 aliphatic rings. The molecule has 0 fully saturated rings. The molecule has 0 aromatic carbocycles. The number of sulfone groups is 1. The Morgan fingerprint density at radius 3 is 2.40 bits per heavy atom. The van der Waals surface area contributed by atoms with Crippen molar-refractivity contribution < 1.29 is 18.3 Å². The topological polar surface area (TPSA) is 71.4 Å². The molecule has 0 aromatic heterocycles. The molecule has 1 aliphatic heterocycles. The zero-order chi connectivity index (χ0) is 11.5. The Labute approximate surface area is 96.0 Å². The van der Waals surface area contributed by atoms with Gasteiger partial charge < -0.3 is 5.11 Å². The van der Waals surface area contributed by atoms with Crippen LogP contribution < -0.4 is 0 Å². The summed E-state index contributed by atoms with van der Waals surface area (Å²) in [7, 11) is -3.77. The van der Waals surface area contributed by atoms with Crippen LogP contribution in [0.3, 0.4) is 0 Å². The second kappa shape index (κ2) is 4.91. The first-order chi connectivity index (χ1) is 6.99. The third-order valence-electron chi connectivity index (χ3n) is 1.43. The molecule has 1 rings (SSSR count). The van der Waals surface area contributed by atoms with Crippen molar-refractivity contribution in [1.82, 2.24) is 0 Å². The molecule has 0 atom stereocenters. The molecule has 82 valence electrons. The van der Waals surface area contributed by atoms with Gasteiger partial charge in [0.2, 0.25) is 0 Å². The first-order valence-electron chi connectivity index (χ1n) is 3.78. The normalized spacial score (nSPS) is 15.3. The third-order valence-corrected chi connectivity index (χ3v) is 5.50. The summed E-state index contributed by atoms with van der Waals surface area (Å²) in [5.41, 5.74) is 0. The Morgan fingerprint density at radius 2 is 2.00 bits per heavy atom. The Bertz CT molecular complexity index is 435. The minimum absolute atomic E-state index is 0.282. The smallest absolute Gasteiger partial charge is 0.349 e. The van der Waals surface area contributed by atoms with Gasteiger partial charge in [0.15, 0.2) is 14.7 Å². The van der Waals surface area contributed by atoms with Gasteiger partial charge in [0, 0.05) is 0 Å². The average Bonchev–Trinajstić information content (AvgIpc) is 2.55. The lowest BCUT2D eigenvalue weighted by Gasteiger charge is -2.04. The van der Waals surface area contributed by atoms with Crippen molar-refractivity contribution in [3.05, 3.63) is 32.6 Å². The second-order valence-corrected chi connectivity index (χ2v) is 6.56. The molecule has 0 saturated carbocycles. The predicted octanol–water partition coefficient (Wildman–Crippen LogP) is 1.79. The van der Waals surface area contributed by atoms with Gasteiger partial charge in [-0.1, -0.05) is 29.6 Å². The van der Waals surface area contributed by atoms with E-state index < -0.39 is 20.7 Å². The number of aliphatic carboxylic acids is 1. The SMILES string of the molecule is C=CCS(=O)(=O)C(C(=O)O)=C1SC=CS1. The van der Waals surface area contributed by atoms with Crippen molar-refractivity contribution in [3.8, 4) is 0 Å². The van der Waals surface area contributed by atoms with E-state index in [1.165, 1.54) is 6.08 Å². The Kier molecular flexibility index (Phi) is 4.06. The summed E-state index contributed by atoms with van der Waals surface area (Å²) in [6.07, 6.45) is 1.18. The Hall–Kier alpha value is -0.660. The lowest BCUT2D eigenvalue weighted by molar-refractivity contribution is -0.131. The van der Waals surface area contributed by atoms with Crippen LogP contribution in [0.5, 0.6) is 0 Å². The van der Waals surface area contributed by atoms with Crippen LogP contribution in [0, 0.1) is 0 Å². The van der Waals surface area contributed by atoms with Gasteiger partial charge in [-0.15, -0.1) is 6.58 Å². The minimum Gasteiger partial charge on any atom is -0.477 e. The highest BCUT2D eigenvalue weighted by Gasteiger charge is 2.29. The van der Waals surface area contributed by atoms with Crippen LogP contribution in [-0.2, 0) is 14.6 Å². The molecule has 0 spiro atoms. The largest absolute Gasteiger partial charge is 0.477 e. The van der Waals surface area contributed by atoms with E-state index in [1.807, 2.05) is 0 Å². The molecule has 1 heterocycles. The zero-order valence-corrected chi connectivity index (χ0v) is 9.99. The fourth-order valence-electron chi connectivity index (χ4n) is 0.900. The van der Waals surface area contributed by atoms with Gasteiger partial charge in [-0.3, -0.25) is 0 Å². The molecule has 1 N–H and O–H groups in total. The van der Waals surface area contributed by atoms with Crippen molar-refractivity contribution >= 4 is 39.3 Å². The molecule has 7 heteroatoms. The molecule has 4 nitrogen and oxygen atoms in total. The van der Waals surface area contributed by atoms with Crippen LogP contribution in [0.2, 0.25) is 0 Å². The van der Waals surface area contributed by atoms with Crippen molar-refractivity contribution in [2.75, 3.05) is 5.75 Å². The fraction of sp³-hybridized carbons (Fsp3) is 0.125. The van der Waals surface area contributed by atoms with Crippen LogP contribution in [0.1, 0.15) is 0 Å². The first kappa shape index (κ1) is 12.4. The average molecular weight is 264 g/mol. The van der Waals surface area contributed by atoms with E-state index in [9.17, 15) is 13.2 Å². The van der Waals surface area contributed by atoms with Crippen molar-refractivity contribution in [1.29, 1.82) is 0 Å². The van der Waals surface area contributed by atoms with Crippen LogP contribution >= 0.6 is 23.5 Å². The van der Waals surface area contributed by atoms with Gasteiger partial charge in [0.05, 0.1) is 9.99 Å². The standard InChI is InChI=1S/C8H8O4S3/c1-2-5-15(11,12)6(7(9)10)8-13-3-4-14-8/h2-4H,1,5H2,(H,9,10). The monoisotopic (exact) mass is 264 g/mol. The molecule has 0 aromatic rings. The molecule has 0 saturated heterocycles. The van der Waals surface area contributed by atoms with E-state index in [2.05, 4.69) is 6.58 Å². The molecule has 0 radical (unpaired) electrons. The zero-order valence-electron chi connectivity index (χ0n) is 7.54. The summed E-state index contributed by atoms with van der Waals surface area (Å²) in [5, 5.41) is 12.2. The number of rotatable bonds is 4. The maximum atomic E-state index is 11.6. The maximum absolute atomic E-state index is 11.6. The number of hydrogen-bond donors (Lipinski definition) is 1. The molecule has 15 heavy (non-hydrogen) atoms. The van der Waals surface area contributed by atoms with Crippen molar-refractivity contribution in [2.45, 2.75) is 0 Å². The van der Waals surface area contributed by atoms with Gasteiger partial charge in [-0.2, -0.15) is 0 Å². The molecular formula is C8H8O4S3. The van der Waals surface area contributed by atoms with Gasteiger partial charge >= 0.3 is 5.97 Å². The highest BCUT2D eigenvalue weighted by atomic mass is 32.2. The van der Waals surface area contributed by atoms with E-state index in [1.54, 1.807) is 10.8 Å². The van der Waals surface area contributed by atoms with Crippen LogP contribution in [0.25, 0.3) is 0 Å². The predicted molar refractivity (Wildman–Crippen MR) is 63.0 cm³/mol. The van der Waals surface area contributed by atoms with Gasteiger partial charge in [-0.05, 0) is 10.8 Å². The summed E-state index contributed by atoms with van der Waals surface area (Å²) >= 11 is 2.20. The van der Waals surface area contributed by atoms with Crippen molar-refractivity contribution in [3.63, 3.8) is 0 Å². The van der Waals surface area contributed by atoms with Gasteiger partial charge in [0.1, 0.15) is 0 Å². The third kappa shape index (κ3) is 2.90. The highest BCUT2D eigenvalue weighted by molar-refractivity contribution is 8.28. The highest BCUT2D eigenvalue weighted by Crippen LogP contribution is 2.41. The van der Waals surface area contributed by atoms with E-state index in [0.29, 0.717) is 0 Å². The van der Waals surface area contributed by atoms with Crippen molar-refractivity contribution in [2.24, 2.45) is 0 Å². The number of carboxylic acid groups (broad SMARTS) is 1. The van der Waals surface area contributed by atoms with Crippen LogP contribution in [0.15, 0.2) is 32.6 Å². The number of carbonyl (C=O) groups is 1. The number of thioether (sulfide) groups is 2. The fourth-order valence-corrected chi connectivity index (χ4v) is 4.58. The Morgan fingerprint density at radius 1 is 1.47 bits per heavy atom. The van der Waals surface area contributed by atoms with Gasteiger partial charge in [-0.25, -0.2) is 13.2 Å². The van der Waals surface area contributed by atoms with Crippen LogP contribution in [-0.4, -0.2) is 25.2 Å². The maximum Gasteiger partial charge on any atom is 0.349 e. The summed E-state index contributed by atoms with van der Waals surface area (Å²) in [6.45, 7) is 3.29. The lowest BCUT2D eigenvalue weighted by Crippen LogP contribution is -2.16. The Balaban J connectivity index is 3.20. The lowest BCUT2D eigenvalue weighted by atomic mass is 10.6. The second-order valence-electron chi connectivity index (χ2n) is 2.50.